The van der Waals surface area contributed by atoms with Crippen LogP contribution >= 0.6 is 11.8 Å². The Bertz CT molecular complexity index is 1470. The zero-order chi connectivity index (χ0) is 24.8. The molecule has 0 atom stereocenters. The molecule has 0 bridgehead atoms. The fourth-order valence-corrected chi connectivity index (χ4v) is 7.26. The molecule has 0 unspecified atom stereocenters. The number of aliphatic hydroxyl groups excluding tert-OH is 1. The molecule has 186 valence electrons. The molecule has 1 aromatic carbocycles. The number of thioether (sulfide) groups is 1. The molecule has 5 rings (SSSR count). The number of hydrogen-bond donors (Lipinski definition) is 1. The Kier molecular flexibility index (Phi) is 6.31. The maximum absolute atomic E-state index is 13.4. The van der Waals surface area contributed by atoms with E-state index in [9.17, 15) is 13.5 Å². The van der Waals surface area contributed by atoms with Crippen LogP contribution in [0.4, 0.5) is 0 Å². The zero-order valence-electron chi connectivity index (χ0n) is 20.3. The molecule has 1 saturated heterocycles. The largest absolute Gasteiger partial charge is 0.396 e. The molecule has 1 aliphatic heterocycles. The number of aromatic nitrogens is 4. The maximum Gasteiger partial charge on any atom is 0.269 e. The number of imidazole rings is 1. The predicted octanol–water partition coefficient (Wildman–Crippen LogP) is 3.57. The normalized spacial score (nSPS) is 16.4. The highest BCUT2D eigenvalue weighted by atomic mass is 32.2. The van der Waals surface area contributed by atoms with Crippen molar-refractivity contribution < 1.29 is 13.5 Å². The summed E-state index contributed by atoms with van der Waals surface area (Å²) in [7, 11) is -3.80. The van der Waals surface area contributed by atoms with Crippen molar-refractivity contribution in [2.24, 2.45) is 5.41 Å². The lowest BCUT2D eigenvalue weighted by Gasteiger charge is -2.41. The van der Waals surface area contributed by atoms with E-state index in [1.165, 1.54) is 3.97 Å². The van der Waals surface area contributed by atoms with Crippen molar-refractivity contribution in [2.45, 2.75) is 38.0 Å². The van der Waals surface area contributed by atoms with Crippen LogP contribution in [0, 0.1) is 12.3 Å². The van der Waals surface area contributed by atoms with E-state index in [0.717, 1.165) is 54.0 Å². The Hall–Kier alpha value is -2.56. The first-order chi connectivity index (χ1) is 16.8. The fourth-order valence-electron chi connectivity index (χ4n) is 4.97. The molecule has 0 spiro atoms. The Labute approximate surface area is 210 Å². The van der Waals surface area contributed by atoms with E-state index in [1.807, 2.05) is 18.7 Å². The van der Waals surface area contributed by atoms with Crippen molar-refractivity contribution in [3.05, 3.63) is 54.1 Å². The summed E-state index contributed by atoms with van der Waals surface area (Å²) in [5.74, 6) is 1.89. The minimum Gasteiger partial charge on any atom is -0.396 e. The number of pyridine rings is 1. The number of fused-ring (bicyclic) bond motifs is 3. The topological polar surface area (TPSA) is 93.2 Å². The SMILES string of the molecule is CSCC1(C)CCN(n2c(CCO)nc3cnc4c(ccn4S(=O)(=O)c4ccc(C)cc4)c32)CC1. The van der Waals surface area contributed by atoms with Crippen LogP contribution in [0.2, 0.25) is 0 Å². The van der Waals surface area contributed by atoms with E-state index in [-0.39, 0.29) is 11.5 Å². The van der Waals surface area contributed by atoms with Crippen molar-refractivity contribution in [1.82, 2.24) is 18.6 Å². The summed E-state index contributed by atoms with van der Waals surface area (Å²) >= 11 is 1.89. The molecule has 35 heavy (non-hydrogen) atoms. The van der Waals surface area contributed by atoms with E-state index in [1.54, 1.807) is 42.7 Å². The number of piperidine rings is 1. The maximum atomic E-state index is 13.4. The van der Waals surface area contributed by atoms with Gasteiger partial charge in [0.05, 0.1) is 17.7 Å². The Morgan fingerprint density at radius 2 is 1.86 bits per heavy atom. The molecule has 4 aromatic rings. The van der Waals surface area contributed by atoms with Crippen LogP contribution in [0.3, 0.4) is 0 Å². The van der Waals surface area contributed by atoms with Gasteiger partial charge in [0.15, 0.2) is 5.65 Å². The third kappa shape index (κ3) is 4.21. The lowest BCUT2D eigenvalue weighted by Crippen LogP contribution is -2.46. The van der Waals surface area contributed by atoms with Crippen LogP contribution in [0.25, 0.3) is 22.1 Å². The molecule has 1 fully saturated rings. The minimum atomic E-state index is -3.80. The van der Waals surface area contributed by atoms with Gasteiger partial charge in [-0.15, -0.1) is 0 Å². The van der Waals surface area contributed by atoms with Gasteiger partial charge in [0, 0.05) is 31.1 Å². The zero-order valence-corrected chi connectivity index (χ0v) is 21.9. The Morgan fingerprint density at radius 1 is 1.14 bits per heavy atom. The lowest BCUT2D eigenvalue weighted by atomic mass is 9.83. The average molecular weight is 514 g/mol. The molecule has 8 nitrogen and oxygen atoms in total. The highest BCUT2D eigenvalue weighted by molar-refractivity contribution is 7.98. The highest BCUT2D eigenvalue weighted by Gasteiger charge is 2.32. The second kappa shape index (κ2) is 9.15. The number of aliphatic hydroxyl groups is 1. The number of benzene rings is 1. The monoisotopic (exact) mass is 513 g/mol. The second-order valence-corrected chi connectivity index (χ2v) is 12.4. The molecule has 4 heterocycles. The van der Waals surface area contributed by atoms with Gasteiger partial charge in [-0.3, -0.25) is 0 Å². The summed E-state index contributed by atoms with van der Waals surface area (Å²) < 4.78 is 30.2. The van der Waals surface area contributed by atoms with E-state index in [2.05, 4.69) is 27.8 Å². The number of aryl methyl sites for hydroxylation is 1. The van der Waals surface area contributed by atoms with Gasteiger partial charge in [-0.2, -0.15) is 11.8 Å². The van der Waals surface area contributed by atoms with Crippen LogP contribution < -0.4 is 5.01 Å². The third-order valence-electron chi connectivity index (χ3n) is 6.97. The van der Waals surface area contributed by atoms with E-state index >= 15 is 0 Å². The lowest BCUT2D eigenvalue weighted by molar-refractivity contribution is 0.260. The first kappa shape index (κ1) is 24.1. The quantitative estimate of drug-likeness (QED) is 0.404. The summed E-state index contributed by atoms with van der Waals surface area (Å²) in [6.07, 6.45) is 7.89. The van der Waals surface area contributed by atoms with Gasteiger partial charge < -0.3 is 10.1 Å². The summed E-state index contributed by atoms with van der Waals surface area (Å²) in [5, 5.41) is 12.7. The first-order valence-electron chi connectivity index (χ1n) is 11.8. The molecule has 10 heteroatoms. The smallest absolute Gasteiger partial charge is 0.269 e. The molecular formula is C25H31N5O3S2. The summed E-state index contributed by atoms with van der Waals surface area (Å²) in [4.78, 5) is 9.51. The molecule has 3 aromatic heterocycles. The molecular weight excluding hydrogens is 482 g/mol. The van der Waals surface area contributed by atoms with Crippen LogP contribution in [-0.4, -0.2) is 63.8 Å². The van der Waals surface area contributed by atoms with Gasteiger partial charge in [-0.05, 0) is 55.4 Å². The third-order valence-corrected chi connectivity index (χ3v) is 9.64. The first-order valence-corrected chi connectivity index (χ1v) is 14.7. The Morgan fingerprint density at radius 3 is 2.51 bits per heavy atom. The summed E-state index contributed by atoms with van der Waals surface area (Å²) in [6.45, 7) is 6.00. The van der Waals surface area contributed by atoms with E-state index in [4.69, 9.17) is 4.98 Å². The van der Waals surface area contributed by atoms with Gasteiger partial charge >= 0.3 is 0 Å². The minimum absolute atomic E-state index is 0.0132. The standard InChI is InChI=1S/C25H31N5O3S2/c1-18-4-6-19(7-5-18)35(32,33)29-12-8-20-23-21(16-26-24(20)29)27-22(9-15-31)30(23)28-13-10-25(2,11-14-28)17-34-3/h4-8,12,16,31H,9-11,13-15,17H2,1-3H3. The van der Waals surface area contributed by atoms with Crippen LogP contribution in [0.15, 0.2) is 47.6 Å². The van der Waals surface area contributed by atoms with Crippen LogP contribution in [0.5, 0.6) is 0 Å². The number of nitrogens with zero attached hydrogens (tertiary/aromatic N) is 5. The Balaban J connectivity index is 1.63. The van der Waals surface area contributed by atoms with Crippen LogP contribution in [-0.2, 0) is 16.4 Å². The highest BCUT2D eigenvalue weighted by Crippen LogP contribution is 2.35. The molecule has 0 amide bonds. The molecule has 0 aliphatic carbocycles. The molecule has 1 aliphatic rings. The fraction of sp³-hybridized carbons (Fsp3) is 0.440. The van der Waals surface area contributed by atoms with Gasteiger partial charge in [-0.25, -0.2) is 27.0 Å². The van der Waals surface area contributed by atoms with Gasteiger partial charge in [-0.1, -0.05) is 24.6 Å². The number of hydrogen-bond acceptors (Lipinski definition) is 7. The second-order valence-electron chi connectivity index (χ2n) is 9.67. The molecule has 1 N–H and O–H groups in total. The van der Waals surface area contributed by atoms with Gasteiger partial charge in [0.25, 0.3) is 10.0 Å². The van der Waals surface area contributed by atoms with Gasteiger partial charge in [0.1, 0.15) is 16.9 Å². The summed E-state index contributed by atoms with van der Waals surface area (Å²) in [5.41, 5.74) is 3.20. The van der Waals surface area contributed by atoms with Crippen molar-refractivity contribution in [3.63, 3.8) is 0 Å². The van der Waals surface area contributed by atoms with Gasteiger partial charge in [0.2, 0.25) is 0 Å². The van der Waals surface area contributed by atoms with Crippen molar-refractivity contribution in [2.75, 3.05) is 36.7 Å². The predicted molar refractivity (Wildman–Crippen MR) is 141 cm³/mol. The van der Waals surface area contributed by atoms with E-state index < -0.39 is 10.0 Å². The molecule has 0 radical (unpaired) electrons. The molecule has 0 saturated carbocycles. The van der Waals surface area contributed by atoms with Crippen molar-refractivity contribution in [3.8, 4) is 0 Å². The average Bonchev–Trinajstić information content (AvgIpc) is 3.42. The summed E-state index contributed by atoms with van der Waals surface area (Å²) in [6, 6.07) is 8.64. The number of rotatable bonds is 7. The van der Waals surface area contributed by atoms with Crippen LogP contribution in [0.1, 0.15) is 31.2 Å². The van der Waals surface area contributed by atoms with E-state index in [0.29, 0.717) is 23.0 Å². The van der Waals surface area contributed by atoms with Crippen molar-refractivity contribution >= 4 is 43.9 Å². The van der Waals surface area contributed by atoms with Crippen molar-refractivity contribution in [1.29, 1.82) is 0 Å².